The van der Waals surface area contributed by atoms with Gasteiger partial charge in [-0.2, -0.15) is 8.78 Å². The average Bonchev–Trinajstić information content (AvgIpc) is 2.71. The zero-order valence-electron chi connectivity index (χ0n) is 15.8. The molecule has 13 heteroatoms. The molecule has 0 saturated carbocycles. The summed E-state index contributed by atoms with van der Waals surface area (Å²) in [6.45, 7) is 1.46. The maximum absolute atomic E-state index is 14.6. The summed E-state index contributed by atoms with van der Waals surface area (Å²) in [7, 11) is 0. The number of aliphatic carboxylic acids is 1. The molecule has 1 N–H and O–H groups in total. The number of nitrogens with zero attached hydrogens (tertiary/aromatic N) is 1. The van der Waals surface area contributed by atoms with E-state index in [-0.39, 0.29) is 23.8 Å². The summed E-state index contributed by atoms with van der Waals surface area (Å²) >= 11 is 0. The molecule has 0 aromatic heterocycles. The summed E-state index contributed by atoms with van der Waals surface area (Å²) in [6, 6.07) is -1.50. The molecule has 0 aliphatic carbocycles. The highest BCUT2D eigenvalue weighted by Crippen LogP contribution is 2.45. The molecule has 32 heavy (non-hydrogen) atoms. The maximum Gasteiger partial charge on any atom is 0.483 e. The molecule has 0 fully saturated rings. The molecule has 2 aromatic rings. The Morgan fingerprint density at radius 1 is 1.03 bits per heavy atom. The van der Waals surface area contributed by atoms with Gasteiger partial charge in [0, 0.05) is 11.6 Å². The molecule has 2 aromatic carbocycles. The third-order valence-corrected chi connectivity index (χ3v) is 4.65. The van der Waals surface area contributed by atoms with Gasteiger partial charge in [0.1, 0.15) is 11.9 Å². The number of hydrogen-bond donors (Lipinski definition) is 1. The van der Waals surface area contributed by atoms with Gasteiger partial charge >= 0.3 is 18.0 Å². The first-order valence-corrected chi connectivity index (χ1v) is 8.82. The molecule has 1 heterocycles. The van der Waals surface area contributed by atoms with Crippen LogP contribution in [0.25, 0.3) is 11.1 Å². The number of benzene rings is 2. The van der Waals surface area contributed by atoms with E-state index >= 15 is 0 Å². The smallest absolute Gasteiger partial charge is 0.480 e. The Bertz CT molecular complexity index is 1110. The number of ether oxygens (including phenoxy) is 1. The Balaban J connectivity index is 2.34. The molecule has 0 bridgehead atoms. The van der Waals surface area contributed by atoms with Gasteiger partial charge in [-0.15, -0.1) is 0 Å². The van der Waals surface area contributed by atoms with E-state index in [2.05, 4.69) is 4.74 Å². The molecule has 172 valence electrons. The average molecular weight is 469 g/mol. The molecule has 0 spiro atoms. The number of amides is 1. The van der Waals surface area contributed by atoms with Crippen molar-refractivity contribution in [2.45, 2.75) is 31.9 Å². The summed E-state index contributed by atoms with van der Waals surface area (Å²) in [4.78, 5) is 23.9. The first-order valence-electron chi connectivity index (χ1n) is 8.82. The minimum absolute atomic E-state index is 0.0274. The highest BCUT2D eigenvalue weighted by atomic mass is 19.3. The highest BCUT2D eigenvalue weighted by Gasteiger charge is 2.53. The topological polar surface area (TPSA) is 66.8 Å². The Hall–Kier alpha value is -3.38. The first kappa shape index (κ1) is 23.3. The number of hydrogen-bond acceptors (Lipinski definition) is 3. The molecule has 1 aliphatic rings. The molecule has 1 atom stereocenters. The molecule has 0 radical (unpaired) electrons. The lowest BCUT2D eigenvalue weighted by molar-refractivity contribution is -0.194. The zero-order chi connectivity index (χ0) is 24.1. The van der Waals surface area contributed by atoms with Crippen molar-refractivity contribution in [3.05, 3.63) is 47.0 Å². The Morgan fingerprint density at radius 2 is 1.56 bits per heavy atom. The van der Waals surface area contributed by atoms with Crippen molar-refractivity contribution < 1.29 is 54.6 Å². The predicted octanol–water partition coefficient (Wildman–Crippen LogP) is 4.76. The molecular weight excluding hydrogens is 458 g/mol. The van der Waals surface area contributed by atoms with Gasteiger partial charge in [0.05, 0.1) is 11.3 Å². The van der Waals surface area contributed by atoms with Gasteiger partial charge in [-0.25, -0.2) is 31.1 Å². The second-order valence-electron chi connectivity index (χ2n) is 6.68. The summed E-state index contributed by atoms with van der Waals surface area (Å²) in [6.07, 6.45) is -4.91. The monoisotopic (exact) mass is 469 g/mol. The van der Waals surface area contributed by atoms with Crippen LogP contribution in [0.5, 0.6) is 5.75 Å². The third kappa shape index (κ3) is 3.50. The molecular formula is C19H11F8NO4. The van der Waals surface area contributed by atoms with Gasteiger partial charge in [0.15, 0.2) is 29.0 Å². The van der Waals surface area contributed by atoms with Crippen LogP contribution in [0.3, 0.4) is 0 Å². The molecule has 1 amide bonds. The summed E-state index contributed by atoms with van der Waals surface area (Å²) < 4.78 is 116. The summed E-state index contributed by atoms with van der Waals surface area (Å²) in [5.41, 5.74) is -3.90. The number of alkyl halides is 2. The van der Waals surface area contributed by atoms with Crippen LogP contribution >= 0.6 is 0 Å². The number of carbonyl (C=O) groups excluding carboxylic acids is 1. The third-order valence-electron chi connectivity index (χ3n) is 4.65. The van der Waals surface area contributed by atoms with E-state index in [0.29, 0.717) is 6.07 Å². The van der Waals surface area contributed by atoms with Crippen molar-refractivity contribution >= 4 is 17.6 Å². The van der Waals surface area contributed by atoms with Crippen molar-refractivity contribution in [1.82, 2.24) is 0 Å². The minimum Gasteiger partial charge on any atom is -0.480 e. The van der Waals surface area contributed by atoms with Crippen LogP contribution in [0, 0.1) is 34.9 Å². The largest absolute Gasteiger partial charge is 0.483 e. The van der Waals surface area contributed by atoms with Gasteiger partial charge < -0.3 is 9.84 Å². The van der Waals surface area contributed by atoms with Crippen LogP contribution in [0.2, 0.25) is 0 Å². The van der Waals surface area contributed by atoms with Crippen LogP contribution in [0.4, 0.5) is 40.8 Å². The number of anilines is 1. The second-order valence-corrected chi connectivity index (χ2v) is 6.68. The summed E-state index contributed by atoms with van der Waals surface area (Å²) in [5.74, 6) is -18.9. The lowest BCUT2D eigenvalue weighted by Gasteiger charge is -2.37. The van der Waals surface area contributed by atoms with Gasteiger partial charge in [-0.1, -0.05) is 13.3 Å². The van der Waals surface area contributed by atoms with E-state index in [1.165, 1.54) is 6.92 Å². The normalized spacial score (nSPS) is 15.9. The maximum atomic E-state index is 14.6. The van der Waals surface area contributed by atoms with Crippen LogP contribution < -0.4 is 9.64 Å². The van der Waals surface area contributed by atoms with Crippen LogP contribution in [-0.2, 0) is 9.59 Å². The number of carboxylic acids is 1. The fraction of sp³-hybridized carbons (Fsp3) is 0.263. The first-order chi connectivity index (χ1) is 14.8. The Morgan fingerprint density at radius 3 is 2.06 bits per heavy atom. The van der Waals surface area contributed by atoms with Crippen molar-refractivity contribution in [1.29, 1.82) is 0 Å². The van der Waals surface area contributed by atoms with Gasteiger partial charge in [-0.05, 0) is 12.5 Å². The number of carbonyl (C=O) groups is 2. The predicted molar refractivity (Wildman–Crippen MR) is 91.0 cm³/mol. The standard InChI is InChI=1S/C19H11F8NO4/c1-2-3-8(17(29)30)28-9-4-6(7(20)5-10(9)32-19(26,27)18(28)31)11-12(21)14(23)16(25)15(24)13(11)22/h4-5,8H,2-3H2,1H3,(H,29,30). The molecule has 1 unspecified atom stereocenters. The van der Waals surface area contributed by atoms with Crippen LogP contribution in [-0.4, -0.2) is 29.1 Å². The minimum atomic E-state index is -4.62. The van der Waals surface area contributed by atoms with Gasteiger partial charge in [0.25, 0.3) is 0 Å². The lowest BCUT2D eigenvalue weighted by atomic mass is 9.99. The number of rotatable bonds is 5. The fourth-order valence-electron chi connectivity index (χ4n) is 3.22. The van der Waals surface area contributed by atoms with Crippen LogP contribution in [0.15, 0.2) is 12.1 Å². The number of fused-ring (bicyclic) bond motifs is 1. The highest BCUT2D eigenvalue weighted by molar-refractivity contribution is 6.05. The van der Waals surface area contributed by atoms with E-state index in [4.69, 9.17) is 0 Å². The van der Waals surface area contributed by atoms with Crippen molar-refractivity contribution in [3.63, 3.8) is 0 Å². The van der Waals surface area contributed by atoms with Gasteiger partial charge in [-0.3, -0.25) is 9.69 Å². The van der Waals surface area contributed by atoms with Crippen LogP contribution in [0.1, 0.15) is 19.8 Å². The summed E-state index contributed by atoms with van der Waals surface area (Å²) in [5, 5.41) is 9.39. The quantitative estimate of drug-likeness (QED) is 0.390. The SMILES string of the molecule is CCCC(C(=O)O)N1C(=O)C(F)(F)Oc2cc(F)c(-c3c(F)c(F)c(F)c(F)c3F)cc21. The van der Waals surface area contributed by atoms with Crippen molar-refractivity contribution in [2.24, 2.45) is 0 Å². The number of halogens is 8. The van der Waals surface area contributed by atoms with Crippen molar-refractivity contribution in [3.8, 4) is 16.9 Å². The van der Waals surface area contributed by atoms with E-state index in [1.807, 2.05) is 0 Å². The zero-order valence-corrected chi connectivity index (χ0v) is 15.8. The molecule has 5 nitrogen and oxygen atoms in total. The van der Waals surface area contributed by atoms with E-state index in [1.54, 1.807) is 0 Å². The van der Waals surface area contributed by atoms with E-state index < -0.39 is 81.5 Å². The number of carboxylic acid groups (broad SMARTS) is 1. The molecule has 3 rings (SSSR count). The Kier molecular flexibility index (Phi) is 5.78. The molecule has 1 aliphatic heterocycles. The van der Waals surface area contributed by atoms with Crippen molar-refractivity contribution in [2.75, 3.05) is 4.90 Å². The fourth-order valence-corrected chi connectivity index (χ4v) is 3.22. The van der Waals surface area contributed by atoms with Gasteiger partial charge in [0.2, 0.25) is 5.82 Å². The Labute approximate surface area is 173 Å². The lowest BCUT2D eigenvalue weighted by Crippen LogP contribution is -2.56. The molecule has 0 saturated heterocycles. The van der Waals surface area contributed by atoms with E-state index in [9.17, 15) is 49.8 Å². The van der Waals surface area contributed by atoms with E-state index in [0.717, 1.165) is 0 Å². The second kappa shape index (κ2) is 7.95.